The molecular weight excluding hydrogens is 298 g/mol. The van der Waals surface area contributed by atoms with Crippen molar-refractivity contribution in [3.05, 3.63) is 21.5 Å². The number of fused-ring (bicyclic) bond motifs is 1. The number of nitrogens with one attached hydrogen (secondary N) is 1. The van der Waals surface area contributed by atoms with Crippen LogP contribution in [-0.4, -0.2) is 14.5 Å². The Morgan fingerprint density at radius 2 is 2.41 bits per heavy atom. The molecule has 0 aliphatic heterocycles. The largest absolute Gasteiger partial charge is 0.329 e. The maximum Gasteiger partial charge on any atom is 0.179 e. The zero-order valence-corrected chi connectivity index (χ0v) is 12.0. The van der Waals surface area contributed by atoms with Gasteiger partial charge in [-0.2, -0.15) is 0 Å². The molecule has 1 aliphatic rings. The Bertz CT molecular complexity index is 612. The van der Waals surface area contributed by atoms with Gasteiger partial charge in [0.1, 0.15) is 0 Å². The quantitative estimate of drug-likeness (QED) is 0.861. The predicted octanol–water partition coefficient (Wildman–Crippen LogP) is 4.22. The van der Waals surface area contributed by atoms with Gasteiger partial charge in [-0.25, -0.2) is 4.98 Å². The number of H-pyrrole nitrogens is 1. The van der Waals surface area contributed by atoms with E-state index in [9.17, 15) is 0 Å². The topological polar surface area (TPSA) is 33.6 Å². The maximum atomic E-state index is 5.40. The summed E-state index contributed by atoms with van der Waals surface area (Å²) in [7, 11) is 0. The number of pyridine rings is 1. The highest BCUT2D eigenvalue weighted by Gasteiger charge is 2.25. The lowest BCUT2D eigenvalue weighted by Crippen LogP contribution is -2.06. The highest BCUT2D eigenvalue weighted by molar-refractivity contribution is 9.10. The van der Waals surface area contributed by atoms with Crippen LogP contribution in [0.4, 0.5) is 0 Å². The summed E-state index contributed by atoms with van der Waals surface area (Å²) >= 11 is 8.83. The smallest absolute Gasteiger partial charge is 0.179 e. The summed E-state index contributed by atoms with van der Waals surface area (Å²) in [5, 5.41) is 0. The third-order valence-corrected chi connectivity index (χ3v) is 4.07. The number of rotatable bonds is 3. The third kappa shape index (κ3) is 2.18. The van der Waals surface area contributed by atoms with E-state index in [1.807, 2.05) is 12.3 Å². The fourth-order valence-corrected chi connectivity index (χ4v) is 3.05. The van der Waals surface area contributed by atoms with Crippen LogP contribution in [0, 0.1) is 10.7 Å². The molecule has 1 aliphatic carbocycles. The van der Waals surface area contributed by atoms with Crippen LogP contribution < -0.4 is 0 Å². The van der Waals surface area contributed by atoms with Gasteiger partial charge in [0.25, 0.3) is 0 Å². The number of aromatic nitrogens is 3. The van der Waals surface area contributed by atoms with Gasteiger partial charge in [0.2, 0.25) is 0 Å². The summed E-state index contributed by atoms with van der Waals surface area (Å²) in [6, 6.07) is 2.45. The highest BCUT2D eigenvalue weighted by atomic mass is 79.9. The van der Waals surface area contributed by atoms with Crippen LogP contribution in [0.3, 0.4) is 0 Å². The van der Waals surface area contributed by atoms with Crippen molar-refractivity contribution in [2.24, 2.45) is 5.92 Å². The first kappa shape index (κ1) is 11.4. The van der Waals surface area contributed by atoms with Crippen molar-refractivity contribution in [3.63, 3.8) is 0 Å². The highest BCUT2D eigenvalue weighted by Crippen LogP contribution is 2.37. The molecule has 1 saturated carbocycles. The van der Waals surface area contributed by atoms with Gasteiger partial charge in [-0.1, -0.05) is 12.8 Å². The summed E-state index contributed by atoms with van der Waals surface area (Å²) in [6.07, 6.45) is 5.78. The minimum atomic E-state index is 0.428. The van der Waals surface area contributed by atoms with E-state index in [-0.39, 0.29) is 0 Å². The number of hydrogen-bond acceptors (Lipinski definition) is 2. The molecule has 1 atom stereocenters. The molecular formula is C12H14BrN3S. The van der Waals surface area contributed by atoms with Crippen molar-refractivity contribution in [1.82, 2.24) is 14.5 Å². The molecule has 2 aromatic heterocycles. The first-order valence-electron chi connectivity index (χ1n) is 5.91. The van der Waals surface area contributed by atoms with Gasteiger partial charge in [0, 0.05) is 16.7 Å². The van der Waals surface area contributed by atoms with Crippen molar-refractivity contribution in [2.75, 3.05) is 0 Å². The van der Waals surface area contributed by atoms with Crippen molar-refractivity contribution in [3.8, 4) is 0 Å². The van der Waals surface area contributed by atoms with Crippen molar-refractivity contribution in [1.29, 1.82) is 0 Å². The first-order chi connectivity index (χ1) is 8.15. The Morgan fingerprint density at radius 3 is 3.12 bits per heavy atom. The van der Waals surface area contributed by atoms with Crippen molar-refractivity contribution >= 4 is 39.3 Å². The number of halogens is 1. The molecule has 3 nitrogen and oxygen atoms in total. The number of nitrogens with zero attached hydrogens (tertiary/aromatic N) is 2. The summed E-state index contributed by atoms with van der Waals surface area (Å²) in [4.78, 5) is 7.70. The zero-order valence-electron chi connectivity index (χ0n) is 9.61. The van der Waals surface area contributed by atoms with E-state index in [4.69, 9.17) is 12.2 Å². The lowest BCUT2D eigenvalue weighted by atomic mass is 10.1. The van der Waals surface area contributed by atoms with Crippen LogP contribution in [0.25, 0.3) is 11.2 Å². The van der Waals surface area contributed by atoms with E-state index in [2.05, 4.69) is 37.4 Å². The number of aromatic amines is 1. The second-order valence-corrected chi connectivity index (χ2v) is 6.16. The van der Waals surface area contributed by atoms with Gasteiger partial charge in [-0.3, -0.25) is 4.57 Å². The second-order valence-electron chi connectivity index (χ2n) is 4.85. The van der Waals surface area contributed by atoms with E-state index in [0.29, 0.717) is 6.04 Å². The van der Waals surface area contributed by atoms with Crippen LogP contribution in [-0.2, 0) is 0 Å². The van der Waals surface area contributed by atoms with E-state index in [0.717, 1.165) is 26.3 Å². The maximum absolute atomic E-state index is 5.40. The summed E-state index contributed by atoms with van der Waals surface area (Å²) in [5.41, 5.74) is 1.97. The van der Waals surface area contributed by atoms with Gasteiger partial charge in [0.15, 0.2) is 10.4 Å². The fraction of sp³-hybridized carbons (Fsp3) is 0.500. The Hall–Kier alpha value is -0.680. The van der Waals surface area contributed by atoms with Crippen LogP contribution >= 0.6 is 28.1 Å². The predicted molar refractivity (Wildman–Crippen MR) is 74.7 cm³/mol. The van der Waals surface area contributed by atoms with Gasteiger partial charge in [-0.15, -0.1) is 0 Å². The normalized spacial score (nSPS) is 17.5. The molecule has 90 valence electrons. The molecule has 17 heavy (non-hydrogen) atoms. The SMILES string of the molecule is CC(CC1CC1)n1c(=S)[nH]c2cc(Br)cnc21. The molecule has 0 amide bonds. The monoisotopic (exact) mass is 311 g/mol. The molecule has 1 unspecified atom stereocenters. The van der Waals surface area contributed by atoms with Crippen molar-refractivity contribution in [2.45, 2.75) is 32.2 Å². The van der Waals surface area contributed by atoms with E-state index >= 15 is 0 Å². The average molecular weight is 312 g/mol. The molecule has 0 aromatic carbocycles. The van der Waals surface area contributed by atoms with Crippen LogP contribution in [0.1, 0.15) is 32.2 Å². The molecule has 0 radical (unpaired) electrons. The second kappa shape index (κ2) is 4.21. The molecule has 0 spiro atoms. The minimum Gasteiger partial charge on any atom is -0.329 e. The fourth-order valence-electron chi connectivity index (χ4n) is 2.34. The van der Waals surface area contributed by atoms with Crippen LogP contribution in [0.15, 0.2) is 16.7 Å². The van der Waals surface area contributed by atoms with Gasteiger partial charge >= 0.3 is 0 Å². The summed E-state index contributed by atoms with van der Waals surface area (Å²) in [6.45, 7) is 2.23. The molecule has 1 fully saturated rings. The molecule has 3 rings (SSSR count). The van der Waals surface area contributed by atoms with Crippen LogP contribution in [0.2, 0.25) is 0 Å². The Labute approximate surface area is 113 Å². The number of imidazole rings is 1. The number of hydrogen-bond donors (Lipinski definition) is 1. The van der Waals surface area contributed by atoms with Crippen LogP contribution in [0.5, 0.6) is 0 Å². The molecule has 0 bridgehead atoms. The average Bonchev–Trinajstić information content (AvgIpc) is 2.99. The molecule has 5 heteroatoms. The van der Waals surface area contributed by atoms with E-state index < -0.39 is 0 Å². The van der Waals surface area contributed by atoms with Gasteiger partial charge < -0.3 is 4.98 Å². The Balaban J connectivity index is 2.07. The molecule has 0 saturated heterocycles. The molecule has 1 N–H and O–H groups in total. The van der Waals surface area contributed by atoms with Gasteiger partial charge in [-0.05, 0) is 53.5 Å². The van der Waals surface area contributed by atoms with E-state index in [1.165, 1.54) is 19.3 Å². The summed E-state index contributed by atoms with van der Waals surface area (Å²) < 4.78 is 3.90. The third-order valence-electron chi connectivity index (χ3n) is 3.33. The van der Waals surface area contributed by atoms with Gasteiger partial charge in [0.05, 0.1) is 5.52 Å². The van der Waals surface area contributed by atoms with Crippen molar-refractivity contribution < 1.29 is 0 Å². The Kier molecular flexibility index (Phi) is 2.83. The lowest BCUT2D eigenvalue weighted by molar-refractivity contribution is 0.481. The molecule has 2 heterocycles. The van der Waals surface area contributed by atoms with E-state index in [1.54, 1.807) is 0 Å². The standard InChI is InChI=1S/C12H14BrN3S/c1-7(4-8-2-3-8)16-11-10(15-12(16)17)5-9(13)6-14-11/h5-8H,2-4H2,1H3,(H,15,17). The first-order valence-corrected chi connectivity index (χ1v) is 7.11. The zero-order chi connectivity index (χ0) is 12.0. The minimum absolute atomic E-state index is 0.428. The summed E-state index contributed by atoms with van der Waals surface area (Å²) in [5.74, 6) is 0.896. The Morgan fingerprint density at radius 1 is 1.65 bits per heavy atom. The lowest BCUT2D eigenvalue weighted by Gasteiger charge is -2.13. The molecule has 2 aromatic rings.